The van der Waals surface area contributed by atoms with E-state index in [2.05, 4.69) is 15.3 Å². The molecule has 1 aliphatic rings. The lowest BCUT2D eigenvalue weighted by Gasteiger charge is -2.23. The molecule has 2 heterocycles. The molecule has 8 nitrogen and oxygen atoms in total. The molecule has 1 aromatic heterocycles. The molecule has 1 N–H and O–H groups in total. The Morgan fingerprint density at radius 2 is 1.74 bits per heavy atom. The third kappa shape index (κ3) is 5.94. The number of benzene rings is 2. The van der Waals surface area contributed by atoms with E-state index in [9.17, 15) is 30.8 Å². The SMILES string of the molecule is CN(C)c1nc(CNC(=O)[C@@H]2CCCN2S(=O)(=O)c2ccc(F)cc2)cc(-c2ccc(C(F)(F)F)cc2)n1. The smallest absolute Gasteiger partial charge is 0.349 e. The van der Waals surface area contributed by atoms with Gasteiger partial charge in [0.05, 0.1) is 28.4 Å². The van der Waals surface area contributed by atoms with Crippen molar-refractivity contribution in [1.82, 2.24) is 19.6 Å². The lowest BCUT2D eigenvalue weighted by molar-refractivity contribution is -0.137. The zero-order valence-corrected chi connectivity index (χ0v) is 21.4. The van der Waals surface area contributed by atoms with Gasteiger partial charge in [0.2, 0.25) is 21.9 Å². The van der Waals surface area contributed by atoms with Gasteiger partial charge in [-0.25, -0.2) is 22.8 Å². The number of carbonyl (C=O) groups excluding carboxylic acids is 1. The van der Waals surface area contributed by atoms with Crippen LogP contribution < -0.4 is 10.2 Å². The number of nitrogens with zero attached hydrogens (tertiary/aromatic N) is 4. The molecule has 0 unspecified atom stereocenters. The van der Waals surface area contributed by atoms with E-state index >= 15 is 0 Å². The molecule has 0 bridgehead atoms. The van der Waals surface area contributed by atoms with Crippen LogP contribution in [0.25, 0.3) is 11.3 Å². The Bertz CT molecular complexity index is 1410. The van der Waals surface area contributed by atoms with Crippen LogP contribution in [0.15, 0.2) is 59.5 Å². The summed E-state index contributed by atoms with van der Waals surface area (Å²) in [6.07, 6.45) is -3.67. The average molecular weight is 552 g/mol. The molecule has 38 heavy (non-hydrogen) atoms. The van der Waals surface area contributed by atoms with Crippen LogP contribution >= 0.6 is 0 Å². The fraction of sp³-hybridized carbons (Fsp3) is 0.320. The first kappa shape index (κ1) is 27.5. The Morgan fingerprint density at radius 1 is 1.08 bits per heavy atom. The number of aromatic nitrogens is 2. The monoisotopic (exact) mass is 551 g/mol. The molecule has 2 aromatic carbocycles. The van der Waals surface area contributed by atoms with E-state index in [1.165, 1.54) is 12.1 Å². The summed E-state index contributed by atoms with van der Waals surface area (Å²) in [6, 6.07) is 9.55. The molecule has 3 aromatic rings. The van der Waals surface area contributed by atoms with Crippen LogP contribution in [0.2, 0.25) is 0 Å². The second-order valence-electron chi connectivity index (χ2n) is 8.96. The van der Waals surface area contributed by atoms with Crippen LogP contribution in [-0.4, -0.2) is 55.3 Å². The number of halogens is 4. The van der Waals surface area contributed by atoms with E-state index in [0.29, 0.717) is 29.8 Å². The number of rotatable bonds is 7. The van der Waals surface area contributed by atoms with Crippen molar-refractivity contribution < 1.29 is 30.8 Å². The van der Waals surface area contributed by atoms with Gasteiger partial charge in [-0.3, -0.25) is 4.79 Å². The highest BCUT2D eigenvalue weighted by atomic mass is 32.2. The van der Waals surface area contributed by atoms with Crippen molar-refractivity contribution >= 4 is 21.9 Å². The zero-order chi connectivity index (χ0) is 27.7. The highest BCUT2D eigenvalue weighted by Crippen LogP contribution is 2.31. The van der Waals surface area contributed by atoms with Crippen molar-refractivity contribution in [3.8, 4) is 11.3 Å². The summed E-state index contributed by atoms with van der Waals surface area (Å²) in [7, 11) is -0.615. The molecule has 1 saturated heterocycles. The van der Waals surface area contributed by atoms with Gasteiger partial charge in [-0.15, -0.1) is 0 Å². The standard InChI is InChI=1S/C25H25F4N5O3S/c1-33(2)24-31-19(14-21(32-24)16-5-7-17(8-6-16)25(27,28)29)15-30-23(35)22-4-3-13-34(22)38(36,37)20-11-9-18(26)10-12-20/h5-12,14,22H,3-4,13,15H2,1-2H3,(H,30,35)/t22-/m0/s1. The molecular weight excluding hydrogens is 526 g/mol. The van der Waals surface area contributed by atoms with Gasteiger partial charge in [0.1, 0.15) is 11.9 Å². The fourth-order valence-corrected chi connectivity index (χ4v) is 5.74. The second-order valence-corrected chi connectivity index (χ2v) is 10.9. The summed E-state index contributed by atoms with van der Waals surface area (Å²) in [5.74, 6) is -0.806. The molecule has 0 saturated carbocycles. The predicted molar refractivity (Wildman–Crippen MR) is 132 cm³/mol. The Morgan fingerprint density at radius 3 is 2.34 bits per heavy atom. The van der Waals surface area contributed by atoms with E-state index in [1.807, 2.05) is 0 Å². The number of hydrogen-bond donors (Lipinski definition) is 1. The molecule has 1 aliphatic heterocycles. The Hall–Kier alpha value is -3.58. The maximum absolute atomic E-state index is 13.3. The van der Waals surface area contributed by atoms with Crippen molar-refractivity contribution in [3.05, 3.63) is 71.7 Å². The summed E-state index contributed by atoms with van der Waals surface area (Å²) in [5.41, 5.74) is 0.400. The topological polar surface area (TPSA) is 95.5 Å². The van der Waals surface area contributed by atoms with Gasteiger partial charge in [-0.05, 0) is 55.3 Å². The van der Waals surface area contributed by atoms with Gasteiger partial charge >= 0.3 is 6.18 Å². The minimum absolute atomic E-state index is 0.0588. The minimum atomic E-state index is -4.47. The molecule has 1 fully saturated rings. The first-order valence-electron chi connectivity index (χ1n) is 11.6. The number of nitrogens with one attached hydrogen (secondary N) is 1. The number of amides is 1. The number of anilines is 1. The van der Waals surface area contributed by atoms with Gasteiger partial charge in [-0.1, -0.05) is 12.1 Å². The van der Waals surface area contributed by atoms with E-state index in [-0.39, 0.29) is 23.9 Å². The van der Waals surface area contributed by atoms with Crippen LogP contribution in [-0.2, 0) is 27.5 Å². The average Bonchev–Trinajstić information content (AvgIpc) is 3.38. The van der Waals surface area contributed by atoms with Crippen molar-refractivity contribution in [2.24, 2.45) is 0 Å². The second kappa shape index (κ2) is 10.7. The summed E-state index contributed by atoms with van der Waals surface area (Å²) < 4.78 is 79.3. The lowest BCUT2D eigenvalue weighted by Crippen LogP contribution is -2.45. The van der Waals surface area contributed by atoms with Crippen molar-refractivity contribution in [3.63, 3.8) is 0 Å². The van der Waals surface area contributed by atoms with E-state index in [0.717, 1.165) is 40.7 Å². The summed E-state index contributed by atoms with van der Waals surface area (Å²) in [6.45, 7) is 0.0882. The molecule has 0 spiro atoms. The third-order valence-electron chi connectivity index (χ3n) is 6.05. The summed E-state index contributed by atoms with van der Waals surface area (Å²) >= 11 is 0. The minimum Gasteiger partial charge on any atom is -0.349 e. The first-order valence-corrected chi connectivity index (χ1v) is 13.1. The molecule has 0 radical (unpaired) electrons. The van der Waals surface area contributed by atoms with Gasteiger partial charge < -0.3 is 10.2 Å². The number of carbonyl (C=O) groups is 1. The fourth-order valence-electron chi connectivity index (χ4n) is 4.08. The first-order chi connectivity index (χ1) is 17.9. The number of sulfonamides is 1. The van der Waals surface area contributed by atoms with Crippen LogP contribution in [0.1, 0.15) is 24.1 Å². The maximum Gasteiger partial charge on any atom is 0.416 e. The highest BCUT2D eigenvalue weighted by Gasteiger charge is 2.39. The number of alkyl halides is 3. The van der Waals surface area contributed by atoms with Crippen LogP contribution in [0.5, 0.6) is 0 Å². The molecule has 0 aliphatic carbocycles. The molecule has 1 amide bonds. The number of hydrogen-bond acceptors (Lipinski definition) is 6. The summed E-state index contributed by atoms with van der Waals surface area (Å²) in [4.78, 5) is 23.3. The molecule has 4 rings (SSSR count). The van der Waals surface area contributed by atoms with Crippen LogP contribution in [0.3, 0.4) is 0 Å². The van der Waals surface area contributed by atoms with Crippen molar-refractivity contribution in [2.45, 2.75) is 36.5 Å². The normalized spacial score (nSPS) is 16.4. The van der Waals surface area contributed by atoms with Crippen molar-refractivity contribution in [2.75, 3.05) is 25.5 Å². The van der Waals surface area contributed by atoms with Gasteiger partial charge in [0, 0.05) is 26.2 Å². The van der Waals surface area contributed by atoms with Crippen LogP contribution in [0.4, 0.5) is 23.5 Å². The van der Waals surface area contributed by atoms with Crippen molar-refractivity contribution in [1.29, 1.82) is 0 Å². The third-order valence-corrected chi connectivity index (χ3v) is 7.97. The largest absolute Gasteiger partial charge is 0.416 e. The van der Waals surface area contributed by atoms with Gasteiger partial charge in [-0.2, -0.15) is 17.5 Å². The molecular formula is C25H25F4N5O3S. The van der Waals surface area contributed by atoms with E-state index in [4.69, 9.17) is 0 Å². The van der Waals surface area contributed by atoms with E-state index in [1.54, 1.807) is 25.1 Å². The predicted octanol–water partition coefficient (Wildman–Crippen LogP) is 3.84. The highest BCUT2D eigenvalue weighted by molar-refractivity contribution is 7.89. The Balaban J connectivity index is 1.53. The van der Waals surface area contributed by atoms with Gasteiger partial charge in [0.25, 0.3) is 0 Å². The quantitative estimate of drug-likeness (QED) is 0.449. The molecule has 202 valence electrons. The Kier molecular flexibility index (Phi) is 7.70. The lowest BCUT2D eigenvalue weighted by atomic mass is 10.1. The molecule has 13 heteroatoms. The zero-order valence-electron chi connectivity index (χ0n) is 20.5. The maximum atomic E-state index is 13.3. The Labute approximate surface area is 217 Å². The molecule has 1 atom stereocenters. The van der Waals surface area contributed by atoms with Gasteiger partial charge in [0.15, 0.2) is 0 Å². The summed E-state index contributed by atoms with van der Waals surface area (Å²) in [5, 5.41) is 2.71. The van der Waals surface area contributed by atoms with Crippen LogP contribution in [0, 0.1) is 5.82 Å². The van der Waals surface area contributed by atoms with E-state index < -0.39 is 39.5 Å².